The fourth-order valence-corrected chi connectivity index (χ4v) is 3.21. The molecule has 0 radical (unpaired) electrons. The Balaban J connectivity index is 2.39. The van der Waals surface area contributed by atoms with Gasteiger partial charge >= 0.3 is 0 Å². The molecule has 1 amide bonds. The number of aromatic nitrogens is 1. The van der Waals surface area contributed by atoms with E-state index in [2.05, 4.69) is 24.5 Å². The van der Waals surface area contributed by atoms with Crippen LogP contribution in [0.3, 0.4) is 0 Å². The topological polar surface area (TPSA) is 49.0 Å². The Kier molecular flexibility index (Phi) is 4.52. The standard InChI is InChI=1S/C17H23N3O/c1-12-9-14(10-15(11-18)17(21)19(3)4)13(2)20(12)16-7-5-6-8-16/h9-10,16H,5-8H2,1-4H3/b15-10-. The molecular weight excluding hydrogens is 262 g/mol. The van der Waals surface area contributed by atoms with Crippen LogP contribution in [0.1, 0.15) is 48.7 Å². The average molecular weight is 285 g/mol. The van der Waals surface area contributed by atoms with Gasteiger partial charge in [-0.1, -0.05) is 12.8 Å². The van der Waals surface area contributed by atoms with Crippen molar-refractivity contribution in [1.82, 2.24) is 9.47 Å². The molecule has 1 saturated carbocycles. The summed E-state index contributed by atoms with van der Waals surface area (Å²) in [7, 11) is 3.32. The van der Waals surface area contributed by atoms with E-state index in [4.69, 9.17) is 0 Å². The van der Waals surface area contributed by atoms with E-state index in [-0.39, 0.29) is 11.5 Å². The summed E-state index contributed by atoms with van der Waals surface area (Å²) < 4.78 is 2.37. The van der Waals surface area contributed by atoms with Crippen LogP contribution in [0, 0.1) is 25.2 Å². The van der Waals surface area contributed by atoms with Crippen molar-refractivity contribution >= 4 is 12.0 Å². The van der Waals surface area contributed by atoms with Gasteiger partial charge in [-0.2, -0.15) is 5.26 Å². The minimum absolute atomic E-state index is 0.187. The predicted octanol–water partition coefficient (Wildman–Crippen LogP) is 3.22. The maximum Gasteiger partial charge on any atom is 0.264 e. The van der Waals surface area contributed by atoms with Gasteiger partial charge in [0.15, 0.2) is 0 Å². The highest BCUT2D eigenvalue weighted by Crippen LogP contribution is 2.33. The van der Waals surface area contributed by atoms with Crippen LogP contribution in [0.15, 0.2) is 11.6 Å². The van der Waals surface area contributed by atoms with Crippen molar-refractivity contribution in [3.05, 3.63) is 28.6 Å². The van der Waals surface area contributed by atoms with Crippen LogP contribution < -0.4 is 0 Å². The normalized spacial score (nSPS) is 16.0. The molecule has 0 bridgehead atoms. The molecule has 1 heterocycles. The molecule has 2 rings (SSSR count). The Morgan fingerprint density at radius 2 is 2.00 bits per heavy atom. The van der Waals surface area contributed by atoms with Crippen molar-refractivity contribution < 1.29 is 4.79 Å². The van der Waals surface area contributed by atoms with Gasteiger partial charge in [0.2, 0.25) is 0 Å². The highest BCUT2D eigenvalue weighted by atomic mass is 16.2. The highest BCUT2D eigenvalue weighted by molar-refractivity contribution is 6.01. The van der Waals surface area contributed by atoms with Gasteiger partial charge in [0, 0.05) is 31.5 Å². The third-order valence-electron chi connectivity index (χ3n) is 4.27. The third-order valence-corrected chi connectivity index (χ3v) is 4.27. The Hall–Kier alpha value is -2.02. The van der Waals surface area contributed by atoms with E-state index >= 15 is 0 Å². The number of nitrogens with zero attached hydrogens (tertiary/aromatic N) is 3. The van der Waals surface area contributed by atoms with Gasteiger partial charge < -0.3 is 9.47 Å². The SMILES string of the molecule is Cc1cc(/C=C(/C#N)C(=O)N(C)C)c(C)n1C1CCCC1. The van der Waals surface area contributed by atoms with Gasteiger partial charge in [0.1, 0.15) is 11.6 Å². The van der Waals surface area contributed by atoms with E-state index in [1.165, 1.54) is 36.3 Å². The number of hydrogen-bond donors (Lipinski definition) is 0. The Morgan fingerprint density at radius 1 is 1.38 bits per heavy atom. The lowest BCUT2D eigenvalue weighted by atomic mass is 10.1. The van der Waals surface area contributed by atoms with Crippen molar-refractivity contribution in [2.24, 2.45) is 0 Å². The summed E-state index contributed by atoms with van der Waals surface area (Å²) in [6.07, 6.45) is 6.74. The Bertz CT molecular complexity index is 611. The fraction of sp³-hybridized carbons (Fsp3) is 0.529. The van der Waals surface area contributed by atoms with Crippen LogP contribution >= 0.6 is 0 Å². The first-order valence-corrected chi connectivity index (χ1v) is 7.47. The molecule has 1 fully saturated rings. The lowest BCUT2D eigenvalue weighted by Crippen LogP contribution is -2.22. The molecule has 21 heavy (non-hydrogen) atoms. The van der Waals surface area contributed by atoms with Crippen molar-refractivity contribution in [3.8, 4) is 6.07 Å². The van der Waals surface area contributed by atoms with E-state index in [1.807, 2.05) is 6.07 Å². The number of carbonyl (C=O) groups is 1. The number of amides is 1. The monoisotopic (exact) mass is 285 g/mol. The molecule has 4 heteroatoms. The van der Waals surface area contributed by atoms with Gasteiger partial charge in [0.05, 0.1) is 0 Å². The summed E-state index contributed by atoms with van der Waals surface area (Å²) in [5.74, 6) is -0.247. The molecule has 0 aromatic carbocycles. The molecule has 0 N–H and O–H groups in total. The zero-order valence-electron chi connectivity index (χ0n) is 13.3. The first-order chi connectivity index (χ1) is 9.95. The van der Waals surface area contributed by atoms with Crippen molar-refractivity contribution in [2.75, 3.05) is 14.1 Å². The number of likely N-dealkylation sites (N-methyl/N-ethyl adjacent to an activating group) is 1. The minimum Gasteiger partial charge on any atom is -0.346 e. The number of nitriles is 1. The molecule has 1 aromatic rings. The van der Waals surface area contributed by atoms with Crippen LogP contribution in [-0.2, 0) is 4.79 Å². The average Bonchev–Trinajstić information content (AvgIpc) is 3.04. The van der Waals surface area contributed by atoms with E-state index in [9.17, 15) is 10.1 Å². The molecule has 0 aliphatic heterocycles. The second kappa shape index (κ2) is 6.17. The van der Waals surface area contributed by atoms with Gasteiger partial charge in [-0.3, -0.25) is 4.79 Å². The maximum absolute atomic E-state index is 12.0. The van der Waals surface area contributed by atoms with E-state index in [1.54, 1.807) is 20.2 Å². The summed E-state index contributed by atoms with van der Waals surface area (Å²) >= 11 is 0. The van der Waals surface area contributed by atoms with Gasteiger partial charge in [-0.15, -0.1) is 0 Å². The lowest BCUT2D eigenvalue weighted by molar-refractivity contribution is -0.124. The largest absolute Gasteiger partial charge is 0.346 e. The van der Waals surface area contributed by atoms with Crippen LogP contribution in [0.5, 0.6) is 0 Å². The molecule has 0 spiro atoms. The van der Waals surface area contributed by atoms with E-state index < -0.39 is 0 Å². The zero-order valence-corrected chi connectivity index (χ0v) is 13.3. The van der Waals surface area contributed by atoms with Gasteiger partial charge in [0.25, 0.3) is 5.91 Å². The van der Waals surface area contributed by atoms with Gasteiger partial charge in [-0.05, 0) is 44.4 Å². The summed E-state index contributed by atoms with van der Waals surface area (Å²) in [6, 6.07) is 4.67. The van der Waals surface area contributed by atoms with Crippen LogP contribution in [0.4, 0.5) is 0 Å². The van der Waals surface area contributed by atoms with Gasteiger partial charge in [-0.25, -0.2) is 0 Å². The van der Waals surface area contributed by atoms with Crippen molar-refractivity contribution in [2.45, 2.75) is 45.6 Å². The van der Waals surface area contributed by atoms with Crippen LogP contribution in [0.25, 0.3) is 6.08 Å². The lowest BCUT2D eigenvalue weighted by Gasteiger charge is -2.17. The van der Waals surface area contributed by atoms with Crippen LogP contribution in [0.2, 0.25) is 0 Å². The smallest absolute Gasteiger partial charge is 0.264 e. The Labute approximate surface area is 126 Å². The first-order valence-electron chi connectivity index (χ1n) is 7.47. The molecule has 4 nitrogen and oxygen atoms in total. The fourth-order valence-electron chi connectivity index (χ4n) is 3.21. The molecule has 1 aliphatic carbocycles. The number of carbonyl (C=O) groups excluding carboxylic acids is 1. The summed E-state index contributed by atoms with van der Waals surface area (Å²) in [5.41, 5.74) is 3.52. The highest BCUT2D eigenvalue weighted by Gasteiger charge is 2.21. The summed E-state index contributed by atoms with van der Waals surface area (Å²) in [6.45, 7) is 4.18. The number of aryl methyl sites for hydroxylation is 1. The number of rotatable bonds is 3. The second-order valence-electron chi connectivity index (χ2n) is 6.00. The molecule has 1 aromatic heterocycles. The summed E-state index contributed by atoms with van der Waals surface area (Å²) in [5, 5.41) is 9.21. The van der Waals surface area contributed by atoms with Crippen molar-refractivity contribution in [1.29, 1.82) is 5.26 Å². The molecule has 1 aliphatic rings. The predicted molar refractivity (Wildman–Crippen MR) is 83.7 cm³/mol. The second-order valence-corrected chi connectivity index (χ2v) is 6.00. The van der Waals surface area contributed by atoms with E-state index in [0.29, 0.717) is 6.04 Å². The zero-order chi connectivity index (χ0) is 15.6. The van der Waals surface area contributed by atoms with Crippen molar-refractivity contribution in [3.63, 3.8) is 0 Å². The van der Waals surface area contributed by atoms with Crippen LogP contribution in [-0.4, -0.2) is 29.5 Å². The molecule has 112 valence electrons. The Morgan fingerprint density at radius 3 is 2.52 bits per heavy atom. The molecule has 0 unspecified atom stereocenters. The maximum atomic E-state index is 12.0. The quantitative estimate of drug-likeness (QED) is 0.632. The molecule has 0 atom stereocenters. The first kappa shape index (κ1) is 15.4. The third kappa shape index (κ3) is 3.02. The van der Waals surface area contributed by atoms with E-state index in [0.717, 1.165) is 11.3 Å². The number of hydrogen-bond acceptors (Lipinski definition) is 2. The molecular formula is C17H23N3O. The minimum atomic E-state index is -0.247. The summed E-state index contributed by atoms with van der Waals surface area (Å²) in [4.78, 5) is 13.4. The molecule has 0 saturated heterocycles.